The molecule has 3 rings (SSSR count). The third-order valence-corrected chi connectivity index (χ3v) is 4.92. The summed E-state index contributed by atoms with van der Waals surface area (Å²) >= 11 is 3.59. The normalized spacial score (nSPS) is 17.9. The average Bonchev–Trinajstić information content (AvgIpc) is 2.67. The third-order valence-electron chi connectivity index (χ3n) is 3.77. The van der Waals surface area contributed by atoms with Gasteiger partial charge in [0.1, 0.15) is 5.75 Å². The van der Waals surface area contributed by atoms with Crippen molar-refractivity contribution in [1.29, 1.82) is 0 Å². The zero-order valence-corrected chi connectivity index (χ0v) is 12.8. The molecule has 0 aliphatic carbocycles. The van der Waals surface area contributed by atoms with E-state index < -0.39 is 0 Å². The molecule has 0 saturated heterocycles. The Bertz CT molecular complexity index is 606. The molecule has 2 aromatic rings. The minimum atomic E-state index is 0.481. The van der Waals surface area contributed by atoms with Crippen molar-refractivity contribution < 1.29 is 4.74 Å². The Kier molecular flexibility index (Phi) is 3.35. The topological polar surface area (TPSA) is 27.1 Å². The van der Waals surface area contributed by atoms with Gasteiger partial charge < -0.3 is 4.74 Å². The van der Waals surface area contributed by atoms with Crippen LogP contribution in [0.15, 0.2) is 28.7 Å². The Balaban J connectivity index is 1.90. The Morgan fingerprint density at radius 3 is 2.89 bits per heavy atom. The summed E-state index contributed by atoms with van der Waals surface area (Å²) in [6, 6.07) is 8.33. The van der Waals surface area contributed by atoms with E-state index in [0.717, 1.165) is 35.5 Å². The number of aromatic nitrogens is 2. The number of benzene rings is 1. The molecule has 1 aliphatic rings. The predicted molar refractivity (Wildman–Crippen MR) is 78.7 cm³/mol. The minimum Gasteiger partial charge on any atom is -0.493 e. The molecule has 1 atom stereocenters. The molecule has 100 valence electrons. The van der Waals surface area contributed by atoms with E-state index in [2.05, 4.69) is 50.8 Å². The molecular weight excluding hydrogens is 304 g/mol. The first-order chi connectivity index (χ1) is 9.16. The molecule has 2 heterocycles. The van der Waals surface area contributed by atoms with Crippen molar-refractivity contribution in [3.8, 4) is 5.75 Å². The van der Waals surface area contributed by atoms with E-state index >= 15 is 0 Å². The first kappa shape index (κ1) is 12.7. The van der Waals surface area contributed by atoms with Crippen molar-refractivity contribution in [2.75, 3.05) is 6.61 Å². The van der Waals surface area contributed by atoms with E-state index in [-0.39, 0.29) is 0 Å². The fraction of sp³-hybridized carbons (Fsp3) is 0.400. The van der Waals surface area contributed by atoms with Gasteiger partial charge in [0.2, 0.25) is 0 Å². The fourth-order valence-corrected chi connectivity index (χ4v) is 2.95. The fourth-order valence-electron chi connectivity index (χ4n) is 2.67. The minimum absolute atomic E-state index is 0.481. The summed E-state index contributed by atoms with van der Waals surface area (Å²) in [5.41, 5.74) is 3.55. The Hall–Kier alpha value is -1.29. The van der Waals surface area contributed by atoms with E-state index in [9.17, 15) is 0 Å². The van der Waals surface area contributed by atoms with E-state index in [4.69, 9.17) is 4.74 Å². The van der Waals surface area contributed by atoms with Crippen LogP contribution in [0.25, 0.3) is 0 Å². The molecule has 19 heavy (non-hydrogen) atoms. The summed E-state index contributed by atoms with van der Waals surface area (Å²) in [5, 5.41) is 4.61. The van der Waals surface area contributed by atoms with E-state index in [1.807, 2.05) is 13.0 Å². The summed E-state index contributed by atoms with van der Waals surface area (Å²) < 4.78 is 8.93. The van der Waals surface area contributed by atoms with Gasteiger partial charge in [-0.2, -0.15) is 5.10 Å². The Labute approximate surface area is 121 Å². The van der Waals surface area contributed by atoms with Crippen LogP contribution >= 0.6 is 15.9 Å². The standard InChI is InChI=1S/C15H17BrN2O/c1-10-15(16)11(2)18(17-10)9-12-7-8-19-14-6-4-3-5-13(12)14/h3-6,12H,7-9H2,1-2H3. The molecule has 0 spiro atoms. The number of ether oxygens (including phenoxy) is 1. The molecule has 4 heteroatoms. The molecule has 1 aromatic carbocycles. The highest BCUT2D eigenvalue weighted by Gasteiger charge is 2.22. The summed E-state index contributed by atoms with van der Waals surface area (Å²) in [4.78, 5) is 0. The van der Waals surface area contributed by atoms with Crippen LogP contribution in [0, 0.1) is 13.8 Å². The second-order valence-electron chi connectivity index (χ2n) is 5.04. The maximum absolute atomic E-state index is 5.71. The van der Waals surface area contributed by atoms with Crippen LogP contribution in [0.4, 0.5) is 0 Å². The highest BCUT2D eigenvalue weighted by Crippen LogP contribution is 2.35. The van der Waals surface area contributed by atoms with Crippen molar-refractivity contribution in [3.63, 3.8) is 0 Å². The van der Waals surface area contributed by atoms with Crippen LogP contribution in [0.5, 0.6) is 5.75 Å². The molecular formula is C15H17BrN2O. The van der Waals surface area contributed by atoms with Crippen LogP contribution in [-0.2, 0) is 6.54 Å². The highest BCUT2D eigenvalue weighted by atomic mass is 79.9. The quantitative estimate of drug-likeness (QED) is 0.840. The Morgan fingerprint density at radius 2 is 2.16 bits per heavy atom. The zero-order chi connectivity index (χ0) is 13.4. The van der Waals surface area contributed by atoms with E-state index in [0.29, 0.717) is 5.92 Å². The van der Waals surface area contributed by atoms with E-state index in [1.165, 1.54) is 11.3 Å². The van der Waals surface area contributed by atoms with Gasteiger partial charge in [-0.3, -0.25) is 4.68 Å². The summed E-state index contributed by atoms with van der Waals surface area (Å²) in [5.74, 6) is 1.51. The number of aryl methyl sites for hydroxylation is 1. The van der Waals surface area contributed by atoms with Crippen LogP contribution in [-0.4, -0.2) is 16.4 Å². The van der Waals surface area contributed by atoms with Gasteiger partial charge in [-0.25, -0.2) is 0 Å². The van der Waals surface area contributed by atoms with Crippen molar-refractivity contribution >= 4 is 15.9 Å². The van der Waals surface area contributed by atoms with Crippen molar-refractivity contribution in [1.82, 2.24) is 9.78 Å². The van der Waals surface area contributed by atoms with Gasteiger partial charge in [-0.05, 0) is 47.8 Å². The molecule has 0 radical (unpaired) electrons. The van der Waals surface area contributed by atoms with Crippen LogP contribution in [0.1, 0.15) is 29.3 Å². The van der Waals surface area contributed by atoms with Gasteiger partial charge in [0.05, 0.1) is 16.8 Å². The van der Waals surface area contributed by atoms with Gasteiger partial charge >= 0.3 is 0 Å². The highest BCUT2D eigenvalue weighted by molar-refractivity contribution is 9.10. The van der Waals surface area contributed by atoms with E-state index in [1.54, 1.807) is 0 Å². The van der Waals surface area contributed by atoms with Crippen molar-refractivity contribution in [2.24, 2.45) is 0 Å². The molecule has 0 bridgehead atoms. The number of fused-ring (bicyclic) bond motifs is 1. The number of hydrogen-bond donors (Lipinski definition) is 0. The molecule has 1 aromatic heterocycles. The molecule has 0 amide bonds. The lowest BCUT2D eigenvalue weighted by Gasteiger charge is -2.26. The SMILES string of the molecule is Cc1nn(CC2CCOc3ccccc32)c(C)c1Br. The monoisotopic (exact) mass is 320 g/mol. The molecule has 0 fully saturated rings. The lowest BCUT2D eigenvalue weighted by Crippen LogP contribution is -2.19. The maximum Gasteiger partial charge on any atom is 0.122 e. The third kappa shape index (κ3) is 2.29. The van der Waals surface area contributed by atoms with Crippen molar-refractivity contribution in [2.45, 2.75) is 32.7 Å². The van der Waals surface area contributed by atoms with Gasteiger partial charge in [-0.15, -0.1) is 0 Å². The van der Waals surface area contributed by atoms with Crippen LogP contribution < -0.4 is 4.74 Å². The number of para-hydroxylation sites is 1. The lowest BCUT2D eigenvalue weighted by atomic mass is 9.93. The maximum atomic E-state index is 5.71. The first-order valence-corrected chi connectivity index (χ1v) is 7.37. The number of hydrogen-bond acceptors (Lipinski definition) is 2. The first-order valence-electron chi connectivity index (χ1n) is 6.58. The van der Waals surface area contributed by atoms with Gasteiger partial charge in [-0.1, -0.05) is 18.2 Å². The van der Waals surface area contributed by atoms with Gasteiger partial charge in [0, 0.05) is 18.2 Å². The second kappa shape index (κ2) is 5.00. The smallest absolute Gasteiger partial charge is 0.122 e. The zero-order valence-electron chi connectivity index (χ0n) is 11.2. The molecule has 0 saturated carbocycles. The molecule has 1 aliphatic heterocycles. The van der Waals surface area contributed by atoms with Gasteiger partial charge in [0.25, 0.3) is 0 Å². The lowest BCUT2D eigenvalue weighted by molar-refractivity contribution is 0.256. The van der Waals surface area contributed by atoms with Gasteiger partial charge in [0.15, 0.2) is 0 Å². The number of nitrogens with zero attached hydrogens (tertiary/aromatic N) is 2. The van der Waals surface area contributed by atoms with Crippen molar-refractivity contribution in [3.05, 3.63) is 45.7 Å². The van der Waals surface area contributed by atoms with Crippen LogP contribution in [0.3, 0.4) is 0 Å². The summed E-state index contributed by atoms with van der Waals surface area (Å²) in [6.45, 7) is 5.85. The molecule has 3 nitrogen and oxygen atoms in total. The predicted octanol–water partition coefficient (Wildman–Crippen LogP) is 3.83. The average molecular weight is 321 g/mol. The summed E-state index contributed by atoms with van der Waals surface area (Å²) in [6.07, 6.45) is 1.05. The van der Waals surface area contributed by atoms with Crippen LogP contribution in [0.2, 0.25) is 0 Å². The number of rotatable bonds is 2. The number of halogens is 1. The summed E-state index contributed by atoms with van der Waals surface area (Å²) in [7, 11) is 0. The Morgan fingerprint density at radius 1 is 1.37 bits per heavy atom. The molecule has 0 N–H and O–H groups in total. The largest absolute Gasteiger partial charge is 0.493 e. The molecule has 1 unspecified atom stereocenters. The second-order valence-corrected chi connectivity index (χ2v) is 5.83.